The van der Waals surface area contributed by atoms with Crippen molar-refractivity contribution in [3.05, 3.63) is 90.0 Å². The number of rotatable bonds is 5. The Labute approximate surface area is 163 Å². The molecule has 3 aromatic rings. The highest BCUT2D eigenvalue weighted by Crippen LogP contribution is 2.35. The summed E-state index contributed by atoms with van der Waals surface area (Å²) in [5, 5.41) is 0. The number of nitrogens with zero attached hydrogens (tertiary/aromatic N) is 1. The lowest BCUT2D eigenvalue weighted by Gasteiger charge is -2.26. The molecule has 0 radical (unpaired) electrons. The van der Waals surface area contributed by atoms with E-state index in [-0.39, 0.29) is 0 Å². The van der Waals surface area contributed by atoms with Gasteiger partial charge in [-0.05, 0) is 61.2 Å². The Bertz CT molecular complexity index is 828. The number of benzene rings is 3. The van der Waals surface area contributed by atoms with Gasteiger partial charge in [-0.2, -0.15) is 0 Å². The molecule has 0 N–H and O–H groups in total. The highest BCUT2D eigenvalue weighted by atomic mass is 15.1. The van der Waals surface area contributed by atoms with Gasteiger partial charge >= 0.3 is 0 Å². The van der Waals surface area contributed by atoms with E-state index in [1.807, 2.05) is 0 Å². The van der Waals surface area contributed by atoms with Crippen LogP contribution in [0.25, 0.3) is 0 Å². The molecule has 0 spiro atoms. The summed E-state index contributed by atoms with van der Waals surface area (Å²) in [6.45, 7) is 2.14. The average Bonchev–Trinajstić information content (AvgIpc) is 2.73. The van der Waals surface area contributed by atoms with Crippen LogP contribution in [-0.4, -0.2) is 0 Å². The molecule has 0 amide bonds. The fraction of sp³-hybridized carbons (Fsp3) is 0.308. The summed E-state index contributed by atoms with van der Waals surface area (Å²) in [4.78, 5) is 2.34. The van der Waals surface area contributed by atoms with Crippen molar-refractivity contribution in [1.82, 2.24) is 0 Å². The van der Waals surface area contributed by atoms with E-state index in [9.17, 15) is 0 Å². The van der Waals surface area contributed by atoms with E-state index >= 15 is 0 Å². The second-order valence-electron chi connectivity index (χ2n) is 7.88. The first-order chi connectivity index (χ1) is 13.3. The second-order valence-corrected chi connectivity index (χ2v) is 7.88. The Kier molecular flexibility index (Phi) is 5.58. The number of aryl methyl sites for hydroxylation is 1. The number of hydrogen-bond donors (Lipinski definition) is 0. The maximum absolute atomic E-state index is 2.34. The molecule has 1 fully saturated rings. The fourth-order valence-electron chi connectivity index (χ4n) is 4.22. The Morgan fingerprint density at radius 3 is 1.85 bits per heavy atom. The topological polar surface area (TPSA) is 3.24 Å². The maximum Gasteiger partial charge on any atom is 0.0461 e. The fourth-order valence-corrected chi connectivity index (χ4v) is 4.22. The number of anilines is 3. The molecule has 1 aliphatic carbocycles. The minimum Gasteiger partial charge on any atom is -0.311 e. The Morgan fingerprint density at radius 2 is 1.22 bits per heavy atom. The molecule has 1 aliphatic rings. The summed E-state index contributed by atoms with van der Waals surface area (Å²) >= 11 is 0. The van der Waals surface area contributed by atoms with Gasteiger partial charge in [-0.3, -0.25) is 0 Å². The minimum atomic E-state index is 0.881. The highest BCUT2D eigenvalue weighted by Gasteiger charge is 2.15. The van der Waals surface area contributed by atoms with Gasteiger partial charge in [0.1, 0.15) is 0 Å². The van der Waals surface area contributed by atoms with Crippen LogP contribution in [0.5, 0.6) is 0 Å². The van der Waals surface area contributed by atoms with Crippen molar-refractivity contribution in [1.29, 1.82) is 0 Å². The van der Waals surface area contributed by atoms with E-state index in [4.69, 9.17) is 0 Å². The quantitative estimate of drug-likeness (QED) is 0.456. The van der Waals surface area contributed by atoms with Gasteiger partial charge in [-0.15, -0.1) is 0 Å². The van der Waals surface area contributed by atoms with Crippen LogP contribution in [0.3, 0.4) is 0 Å². The molecule has 0 aromatic heterocycles. The van der Waals surface area contributed by atoms with Gasteiger partial charge in [-0.1, -0.05) is 80.1 Å². The molecule has 138 valence electrons. The molecule has 4 rings (SSSR count). The molecule has 1 saturated carbocycles. The van der Waals surface area contributed by atoms with E-state index in [1.54, 1.807) is 0 Å². The standard InChI is InChI=1S/C26H29N/c1-21-12-16-25(17-13-21)27(24-10-6-3-7-11-24)26-18-14-23(15-19-26)20-22-8-4-2-5-9-22/h3,6-7,10-19,22H,2,4-5,8-9,20H2,1H3. The van der Waals surface area contributed by atoms with Crippen LogP contribution >= 0.6 is 0 Å². The first kappa shape index (κ1) is 17.9. The molecule has 1 heteroatoms. The molecule has 1 nitrogen and oxygen atoms in total. The molecule has 0 heterocycles. The zero-order chi connectivity index (χ0) is 18.5. The Balaban J connectivity index is 1.61. The van der Waals surface area contributed by atoms with Crippen molar-refractivity contribution in [2.75, 3.05) is 4.90 Å². The molecule has 0 aliphatic heterocycles. The van der Waals surface area contributed by atoms with Gasteiger partial charge in [0.15, 0.2) is 0 Å². The third-order valence-corrected chi connectivity index (χ3v) is 5.75. The van der Waals surface area contributed by atoms with Crippen molar-refractivity contribution < 1.29 is 0 Å². The molecule has 3 aromatic carbocycles. The summed E-state index contributed by atoms with van der Waals surface area (Å²) in [6.07, 6.45) is 8.30. The van der Waals surface area contributed by atoms with Crippen LogP contribution in [0, 0.1) is 12.8 Å². The van der Waals surface area contributed by atoms with Gasteiger partial charge < -0.3 is 4.90 Å². The lowest BCUT2D eigenvalue weighted by molar-refractivity contribution is 0.356. The highest BCUT2D eigenvalue weighted by molar-refractivity contribution is 5.76. The van der Waals surface area contributed by atoms with Gasteiger partial charge in [0.2, 0.25) is 0 Å². The van der Waals surface area contributed by atoms with E-state index in [0.717, 1.165) is 5.92 Å². The lowest BCUT2D eigenvalue weighted by Crippen LogP contribution is -2.11. The van der Waals surface area contributed by atoms with Crippen molar-refractivity contribution in [3.63, 3.8) is 0 Å². The van der Waals surface area contributed by atoms with Gasteiger partial charge in [0, 0.05) is 17.1 Å². The summed E-state index contributed by atoms with van der Waals surface area (Å²) in [7, 11) is 0. The zero-order valence-corrected chi connectivity index (χ0v) is 16.3. The van der Waals surface area contributed by atoms with Crippen LogP contribution in [0.15, 0.2) is 78.9 Å². The minimum absolute atomic E-state index is 0.881. The van der Waals surface area contributed by atoms with Crippen LogP contribution in [-0.2, 0) is 6.42 Å². The molecule has 0 unspecified atom stereocenters. The van der Waals surface area contributed by atoms with Gasteiger partial charge in [0.25, 0.3) is 0 Å². The zero-order valence-electron chi connectivity index (χ0n) is 16.3. The molecular formula is C26H29N. The first-order valence-electron chi connectivity index (χ1n) is 10.3. The van der Waals surface area contributed by atoms with E-state index in [2.05, 4.69) is 90.7 Å². The summed E-state index contributed by atoms with van der Waals surface area (Å²) in [5.74, 6) is 0.881. The maximum atomic E-state index is 2.34. The van der Waals surface area contributed by atoms with E-state index in [0.29, 0.717) is 0 Å². The van der Waals surface area contributed by atoms with Crippen LogP contribution in [0.1, 0.15) is 43.2 Å². The van der Waals surface area contributed by atoms with Crippen LogP contribution < -0.4 is 4.90 Å². The third kappa shape index (κ3) is 4.42. The molecule has 0 saturated heterocycles. The Hall–Kier alpha value is -2.54. The van der Waals surface area contributed by atoms with Crippen LogP contribution in [0.4, 0.5) is 17.1 Å². The van der Waals surface area contributed by atoms with Crippen molar-refractivity contribution >= 4 is 17.1 Å². The van der Waals surface area contributed by atoms with E-state index in [1.165, 1.54) is 66.7 Å². The second kappa shape index (κ2) is 8.43. The van der Waals surface area contributed by atoms with Crippen molar-refractivity contribution in [2.45, 2.75) is 45.4 Å². The number of hydrogen-bond acceptors (Lipinski definition) is 1. The first-order valence-corrected chi connectivity index (χ1v) is 10.3. The van der Waals surface area contributed by atoms with Crippen molar-refractivity contribution in [2.24, 2.45) is 5.92 Å². The van der Waals surface area contributed by atoms with E-state index < -0.39 is 0 Å². The largest absolute Gasteiger partial charge is 0.311 e. The molecular weight excluding hydrogens is 326 g/mol. The summed E-state index contributed by atoms with van der Waals surface area (Å²) in [6, 6.07) is 28.6. The predicted octanol–water partition coefficient (Wildman–Crippen LogP) is 7.59. The normalized spacial score (nSPS) is 14.9. The third-order valence-electron chi connectivity index (χ3n) is 5.75. The molecule has 0 atom stereocenters. The monoisotopic (exact) mass is 355 g/mol. The lowest BCUT2D eigenvalue weighted by atomic mass is 9.85. The predicted molar refractivity (Wildman–Crippen MR) is 116 cm³/mol. The summed E-state index contributed by atoms with van der Waals surface area (Å²) < 4.78 is 0. The summed E-state index contributed by atoms with van der Waals surface area (Å²) in [5.41, 5.74) is 6.38. The average molecular weight is 356 g/mol. The van der Waals surface area contributed by atoms with Crippen molar-refractivity contribution in [3.8, 4) is 0 Å². The smallest absolute Gasteiger partial charge is 0.0461 e. The Morgan fingerprint density at radius 1 is 0.667 bits per heavy atom. The molecule has 27 heavy (non-hydrogen) atoms. The van der Waals surface area contributed by atoms with Gasteiger partial charge in [-0.25, -0.2) is 0 Å². The SMILES string of the molecule is Cc1ccc(N(c2ccccc2)c2ccc(CC3CCCCC3)cc2)cc1. The number of para-hydroxylation sites is 1. The van der Waals surface area contributed by atoms with Gasteiger partial charge in [0.05, 0.1) is 0 Å². The molecule has 0 bridgehead atoms. The van der Waals surface area contributed by atoms with Crippen LogP contribution in [0.2, 0.25) is 0 Å².